The fraction of sp³-hybridized carbons (Fsp3) is 0.867. The zero-order chi connectivity index (χ0) is 18.7. The molecule has 2 saturated heterocycles. The Morgan fingerprint density at radius 3 is 1.60 bits per heavy atom. The number of aliphatic imine (C=N–C) groups is 2. The van der Waals surface area contributed by atoms with Gasteiger partial charge in [0.05, 0.1) is 0 Å². The minimum Gasteiger partial charge on any atom is -0.339 e. The monoisotopic (exact) mass is 356 g/mol. The predicted octanol–water partition coefficient (Wildman–Crippen LogP) is -2.24. The molecule has 0 spiro atoms. The van der Waals surface area contributed by atoms with Gasteiger partial charge in [0, 0.05) is 80.0 Å². The van der Waals surface area contributed by atoms with Gasteiger partial charge in [-0.25, -0.2) is 11.7 Å². The normalized spacial score (nSPS) is 19.3. The first-order chi connectivity index (χ1) is 12.0. The van der Waals surface area contributed by atoms with Crippen LogP contribution >= 0.6 is 0 Å². The Balaban J connectivity index is 0.000000251. The molecule has 0 aromatic rings. The molecule has 10 heteroatoms. The van der Waals surface area contributed by atoms with Gasteiger partial charge in [0.15, 0.2) is 0 Å². The molecular formula is C15H36N10. The summed E-state index contributed by atoms with van der Waals surface area (Å²) in [7, 11) is 5.40. The molecule has 2 aliphatic rings. The van der Waals surface area contributed by atoms with Crippen LogP contribution in [0.5, 0.6) is 0 Å². The number of nitrogens with one attached hydrogen (secondary N) is 2. The fourth-order valence-electron chi connectivity index (χ4n) is 2.83. The van der Waals surface area contributed by atoms with Crippen LogP contribution in [-0.2, 0) is 0 Å². The van der Waals surface area contributed by atoms with Gasteiger partial charge in [0.25, 0.3) is 0 Å². The van der Waals surface area contributed by atoms with Crippen LogP contribution in [0.2, 0.25) is 0 Å². The molecule has 6 N–H and O–H groups in total. The van der Waals surface area contributed by atoms with Gasteiger partial charge < -0.3 is 20.4 Å². The molecule has 0 aliphatic carbocycles. The van der Waals surface area contributed by atoms with Crippen molar-refractivity contribution in [2.24, 2.45) is 21.7 Å². The third-order valence-corrected chi connectivity index (χ3v) is 3.93. The summed E-state index contributed by atoms with van der Waals surface area (Å²) in [5.74, 6) is 13.1. The van der Waals surface area contributed by atoms with Gasteiger partial charge in [0.1, 0.15) is 0 Å². The second-order valence-corrected chi connectivity index (χ2v) is 5.99. The lowest BCUT2D eigenvalue weighted by atomic mass is 10.4. The number of hydrogen-bond acceptors (Lipinski definition) is 6. The van der Waals surface area contributed by atoms with E-state index in [1.165, 1.54) is 0 Å². The number of nitrogens with two attached hydrogens (primary N) is 2. The van der Waals surface area contributed by atoms with Gasteiger partial charge in [-0.2, -0.15) is 0 Å². The largest absolute Gasteiger partial charge is 0.339 e. The van der Waals surface area contributed by atoms with Crippen molar-refractivity contribution >= 4 is 11.9 Å². The zero-order valence-corrected chi connectivity index (χ0v) is 16.2. The highest BCUT2D eigenvalue weighted by Crippen LogP contribution is 1.97. The van der Waals surface area contributed by atoms with Gasteiger partial charge in [-0.05, 0) is 6.92 Å². The Morgan fingerprint density at radius 2 is 1.28 bits per heavy atom. The van der Waals surface area contributed by atoms with E-state index in [-0.39, 0.29) is 0 Å². The van der Waals surface area contributed by atoms with Crippen molar-refractivity contribution in [2.45, 2.75) is 6.92 Å². The third-order valence-electron chi connectivity index (χ3n) is 3.93. The minimum absolute atomic E-state index is 0.779. The topological polar surface area (TPSA) is 114 Å². The lowest BCUT2D eigenvalue weighted by Gasteiger charge is -2.32. The number of piperazine rings is 2. The van der Waals surface area contributed by atoms with Crippen LogP contribution in [0.3, 0.4) is 0 Å². The molecule has 25 heavy (non-hydrogen) atoms. The smallest absolute Gasteiger partial charge is 0.210 e. The summed E-state index contributed by atoms with van der Waals surface area (Å²) in [5.41, 5.74) is 0. The summed E-state index contributed by atoms with van der Waals surface area (Å²) in [6.07, 6.45) is 0. The molecule has 2 aliphatic heterocycles. The maximum absolute atomic E-state index is 5.69. The van der Waals surface area contributed by atoms with Crippen molar-refractivity contribution < 1.29 is 0 Å². The summed E-state index contributed by atoms with van der Waals surface area (Å²) < 4.78 is 0. The molecule has 10 nitrogen and oxygen atoms in total. The van der Waals surface area contributed by atoms with E-state index in [1.54, 1.807) is 17.1 Å². The van der Waals surface area contributed by atoms with E-state index in [9.17, 15) is 0 Å². The first-order valence-corrected chi connectivity index (χ1v) is 8.90. The van der Waals surface area contributed by atoms with Crippen molar-refractivity contribution in [3.8, 4) is 0 Å². The Morgan fingerprint density at radius 1 is 0.880 bits per heavy atom. The van der Waals surface area contributed by atoms with Crippen molar-refractivity contribution in [3.05, 3.63) is 0 Å². The molecule has 2 fully saturated rings. The molecule has 0 radical (unpaired) electrons. The van der Waals surface area contributed by atoms with E-state index >= 15 is 0 Å². The van der Waals surface area contributed by atoms with Crippen molar-refractivity contribution in [1.82, 2.24) is 30.5 Å². The molecule has 0 unspecified atom stereocenters. The van der Waals surface area contributed by atoms with Gasteiger partial charge >= 0.3 is 0 Å². The lowest BCUT2D eigenvalue weighted by molar-refractivity contribution is 0.310. The van der Waals surface area contributed by atoms with Crippen LogP contribution in [0.25, 0.3) is 0 Å². The fourth-order valence-corrected chi connectivity index (χ4v) is 2.83. The zero-order valence-electron chi connectivity index (χ0n) is 16.2. The third kappa shape index (κ3) is 7.43. The van der Waals surface area contributed by atoms with Gasteiger partial charge in [0.2, 0.25) is 11.9 Å². The molecule has 0 aromatic heterocycles. The van der Waals surface area contributed by atoms with E-state index in [1.807, 2.05) is 21.0 Å². The standard InChI is InChI=1S/C8H19N5.C7H17N5/c1-3-11-8(12(2)9)13-6-4-10-5-7-13;1-9-7(11(2)8)12-5-3-10-4-6-12/h10H,3-7,9H2,1-2H3;10H,3-6,8H2,1-2H3. The molecule has 0 atom stereocenters. The highest BCUT2D eigenvalue weighted by molar-refractivity contribution is 5.79. The van der Waals surface area contributed by atoms with Crippen molar-refractivity contribution in [3.63, 3.8) is 0 Å². The molecule has 0 bridgehead atoms. The van der Waals surface area contributed by atoms with Crippen LogP contribution in [0, 0.1) is 0 Å². The van der Waals surface area contributed by atoms with Gasteiger partial charge in [-0.15, -0.1) is 0 Å². The molecule has 2 rings (SSSR count). The van der Waals surface area contributed by atoms with E-state index in [0.29, 0.717) is 0 Å². The second-order valence-electron chi connectivity index (χ2n) is 5.99. The summed E-state index contributed by atoms with van der Waals surface area (Å²) in [4.78, 5) is 12.9. The summed E-state index contributed by atoms with van der Waals surface area (Å²) in [6.45, 7) is 10.8. The number of hydrazine groups is 2. The molecule has 2 heterocycles. The predicted molar refractivity (Wildman–Crippen MR) is 104 cm³/mol. The average Bonchev–Trinajstić information content (AvgIpc) is 2.62. The van der Waals surface area contributed by atoms with Crippen LogP contribution in [0.4, 0.5) is 0 Å². The highest BCUT2D eigenvalue weighted by atomic mass is 15.5. The summed E-state index contributed by atoms with van der Waals surface area (Å²) in [6, 6.07) is 0. The Labute approximate surface area is 151 Å². The SMILES string of the molecule is CCN=C(N(C)N)N1CCNCC1.CN=C(N(C)N)N1CCNCC1. The van der Waals surface area contributed by atoms with Crippen molar-refractivity contribution in [1.29, 1.82) is 0 Å². The van der Waals surface area contributed by atoms with Crippen LogP contribution in [0.1, 0.15) is 6.92 Å². The number of nitrogens with zero attached hydrogens (tertiary/aromatic N) is 6. The minimum atomic E-state index is 0.779. The maximum Gasteiger partial charge on any atom is 0.210 e. The first kappa shape index (κ1) is 21.4. The second kappa shape index (κ2) is 11.9. The Hall–Kier alpha value is -1.62. The quantitative estimate of drug-likeness (QED) is 0.180. The number of hydrogen-bond donors (Lipinski definition) is 4. The Bertz CT molecular complexity index is 409. The van der Waals surface area contributed by atoms with E-state index in [0.717, 1.165) is 70.8 Å². The van der Waals surface area contributed by atoms with E-state index < -0.39 is 0 Å². The Kier molecular flexibility index (Phi) is 10.2. The molecule has 0 aromatic carbocycles. The summed E-state index contributed by atoms with van der Waals surface area (Å²) >= 11 is 0. The average molecular weight is 357 g/mol. The van der Waals surface area contributed by atoms with Crippen LogP contribution in [0.15, 0.2) is 9.98 Å². The van der Waals surface area contributed by atoms with E-state index in [4.69, 9.17) is 11.7 Å². The van der Waals surface area contributed by atoms with Crippen LogP contribution < -0.4 is 22.3 Å². The van der Waals surface area contributed by atoms with Gasteiger partial charge in [-0.3, -0.25) is 20.0 Å². The highest BCUT2D eigenvalue weighted by Gasteiger charge is 2.16. The first-order valence-electron chi connectivity index (χ1n) is 8.90. The van der Waals surface area contributed by atoms with E-state index in [2.05, 4.69) is 30.4 Å². The van der Waals surface area contributed by atoms with Gasteiger partial charge in [-0.1, -0.05) is 0 Å². The summed E-state index contributed by atoms with van der Waals surface area (Å²) in [5, 5.41) is 9.72. The van der Waals surface area contributed by atoms with Crippen molar-refractivity contribution in [2.75, 3.05) is 80.0 Å². The molecule has 0 amide bonds. The number of guanidine groups is 2. The van der Waals surface area contributed by atoms with Crippen LogP contribution in [-0.4, -0.2) is 112 Å². The molecule has 146 valence electrons. The lowest BCUT2D eigenvalue weighted by Crippen LogP contribution is -2.53. The maximum atomic E-state index is 5.69. The number of rotatable bonds is 1. The molecule has 0 saturated carbocycles. The molecular weight excluding hydrogens is 320 g/mol.